The number of hydrogen-bond acceptors (Lipinski definition) is 10. The van der Waals surface area contributed by atoms with Crippen LogP contribution in [0.25, 0.3) is 0 Å². The lowest BCUT2D eigenvalue weighted by molar-refractivity contribution is -0.144. The number of carboxylic acid groups (broad SMARTS) is 2. The molecule has 284 valence electrons. The number of carboxylic acids is 2. The molecule has 0 aliphatic heterocycles. The van der Waals surface area contributed by atoms with Crippen LogP contribution in [0.4, 0.5) is 0 Å². The molecule has 12 N–H and O–H groups in total. The molecular weight excluding hydrogens is 670 g/mol. The Morgan fingerprint density at radius 3 is 1.53 bits per heavy atom. The number of nitrogens with two attached hydrogens (primary N) is 2. The monoisotopic (exact) mass is 721 g/mol. The molecule has 18 nitrogen and oxygen atoms in total. The van der Waals surface area contributed by atoms with Crippen molar-refractivity contribution in [3.63, 3.8) is 0 Å². The van der Waals surface area contributed by atoms with Crippen LogP contribution in [0, 0.1) is 11.8 Å². The maximum Gasteiger partial charge on any atom is 0.326 e. The summed E-state index contributed by atoms with van der Waals surface area (Å²) in [6, 6.07) is 0.469. The van der Waals surface area contributed by atoms with Crippen LogP contribution in [0.3, 0.4) is 0 Å². The number of carbonyl (C=O) groups excluding carboxylic acids is 6. The highest BCUT2D eigenvalue weighted by Crippen LogP contribution is 2.11. The number of nitrogens with one attached hydrogen (secondary N) is 5. The summed E-state index contributed by atoms with van der Waals surface area (Å²) in [5, 5.41) is 40.2. The van der Waals surface area contributed by atoms with E-state index < -0.39 is 96.7 Å². The van der Waals surface area contributed by atoms with Crippen molar-refractivity contribution in [3.8, 4) is 0 Å². The molecule has 1 aromatic rings. The highest BCUT2D eigenvalue weighted by Gasteiger charge is 2.34. The molecule has 0 aliphatic rings. The Labute approximate surface area is 295 Å². The highest BCUT2D eigenvalue weighted by atomic mass is 16.4. The zero-order valence-corrected chi connectivity index (χ0v) is 29.2. The molecule has 0 aliphatic carbocycles. The SMILES string of the molecule is CC(C)C[C@H](NC(=O)[C@H](CC(C)C)NC(=O)[C@@H](N)Cc1ccccc1)C(=O)N[C@@H](CC(=O)O)C(=O)N[C@@H](CO)C(=O)N[C@@H](CCC(N)=O)C(=O)O. The Morgan fingerprint density at radius 2 is 1.08 bits per heavy atom. The topological polar surface area (TPSA) is 309 Å². The average molecular weight is 722 g/mol. The van der Waals surface area contributed by atoms with E-state index >= 15 is 0 Å². The predicted octanol–water partition coefficient (Wildman–Crippen LogP) is -2.11. The zero-order valence-electron chi connectivity index (χ0n) is 29.2. The van der Waals surface area contributed by atoms with Crippen LogP contribution < -0.4 is 38.1 Å². The third-order valence-electron chi connectivity index (χ3n) is 7.44. The molecule has 0 saturated heterocycles. The summed E-state index contributed by atoms with van der Waals surface area (Å²) in [5.41, 5.74) is 12.0. The van der Waals surface area contributed by atoms with Crippen molar-refractivity contribution in [1.29, 1.82) is 0 Å². The van der Waals surface area contributed by atoms with Gasteiger partial charge in [0.2, 0.25) is 35.4 Å². The van der Waals surface area contributed by atoms with Gasteiger partial charge in [-0.25, -0.2) is 4.79 Å². The molecule has 6 amide bonds. The minimum atomic E-state index is -1.81. The molecule has 51 heavy (non-hydrogen) atoms. The van der Waals surface area contributed by atoms with E-state index in [1.165, 1.54) is 0 Å². The third kappa shape index (κ3) is 16.9. The normalized spacial score (nSPS) is 14.6. The van der Waals surface area contributed by atoms with E-state index in [1.54, 1.807) is 38.1 Å². The van der Waals surface area contributed by atoms with Gasteiger partial charge in [-0.2, -0.15) is 0 Å². The van der Waals surface area contributed by atoms with Gasteiger partial charge in [-0.05, 0) is 43.1 Å². The standard InChI is InChI=1S/C33H51N7O11/c1-17(2)12-22(37-28(45)20(34)14-19-8-6-5-7-9-19)29(46)38-23(13-18(3)4)30(47)39-24(15-27(43)44)31(48)40-25(16-41)32(49)36-21(33(50)51)10-11-26(35)42/h5-9,17-18,20-25,41H,10-16,34H2,1-4H3,(H2,35,42)(H,36,49)(H,37,45)(H,38,46)(H,39,47)(H,40,48)(H,43,44)(H,50,51)/t20-,21-,22-,23-,24-,25-/m0/s1. The molecule has 0 unspecified atom stereocenters. The van der Waals surface area contributed by atoms with Gasteiger partial charge >= 0.3 is 11.9 Å². The largest absolute Gasteiger partial charge is 0.481 e. The molecule has 0 radical (unpaired) electrons. The number of aliphatic hydroxyl groups excluding tert-OH is 1. The second kappa shape index (κ2) is 21.9. The van der Waals surface area contributed by atoms with Crippen LogP contribution in [0.15, 0.2) is 30.3 Å². The quantitative estimate of drug-likeness (QED) is 0.0581. The summed E-state index contributed by atoms with van der Waals surface area (Å²) >= 11 is 0. The van der Waals surface area contributed by atoms with Crippen molar-refractivity contribution in [2.75, 3.05) is 6.61 Å². The average Bonchev–Trinajstić information content (AvgIpc) is 3.03. The molecular formula is C33H51N7O11. The molecule has 1 rings (SSSR count). The van der Waals surface area contributed by atoms with E-state index in [9.17, 15) is 53.7 Å². The minimum Gasteiger partial charge on any atom is -0.481 e. The van der Waals surface area contributed by atoms with Gasteiger partial charge in [0.1, 0.15) is 30.2 Å². The lowest BCUT2D eigenvalue weighted by atomic mass is 9.99. The predicted molar refractivity (Wildman–Crippen MR) is 182 cm³/mol. The Hall–Kier alpha value is -5.10. The summed E-state index contributed by atoms with van der Waals surface area (Å²) in [5.74, 6) is -8.77. The van der Waals surface area contributed by atoms with Gasteiger partial charge in [-0.15, -0.1) is 0 Å². The van der Waals surface area contributed by atoms with Crippen molar-refractivity contribution < 1.29 is 53.7 Å². The first-order valence-corrected chi connectivity index (χ1v) is 16.5. The van der Waals surface area contributed by atoms with Gasteiger partial charge in [0.05, 0.1) is 19.1 Å². The summed E-state index contributed by atoms with van der Waals surface area (Å²) in [6.07, 6.45) is -1.31. The molecule has 0 aromatic heterocycles. The van der Waals surface area contributed by atoms with Crippen molar-refractivity contribution in [2.45, 2.75) is 102 Å². The van der Waals surface area contributed by atoms with Gasteiger partial charge in [0, 0.05) is 6.42 Å². The molecule has 1 aromatic carbocycles. The van der Waals surface area contributed by atoms with Gasteiger partial charge < -0.3 is 53.4 Å². The Kier molecular flexibility index (Phi) is 18.8. The Balaban J connectivity index is 3.13. The fourth-order valence-electron chi connectivity index (χ4n) is 4.86. The Bertz CT molecular complexity index is 1370. The number of carbonyl (C=O) groups is 8. The Morgan fingerprint density at radius 1 is 0.647 bits per heavy atom. The fourth-order valence-corrected chi connectivity index (χ4v) is 4.86. The van der Waals surface area contributed by atoms with Crippen LogP contribution in [0.5, 0.6) is 0 Å². The van der Waals surface area contributed by atoms with Crippen LogP contribution >= 0.6 is 0 Å². The lowest BCUT2D eigenvalue weighted by Crippen LogP contribution is -2.60. The number of amides is 6. The molecule has 0 heterocycles. The van der Waals surface area contributed by atoms with Crippen molar-refractivity contribution in [1.82, 2.24) is 26.6 Å². The van der Waals surface area contributed by atoms with E-state index in [4.69, 9.17) is 11.5 Å². The number of benzene rings is 1. The zero-order chi connectivity index (χ0) is 38.8. The lowest BCUT2D eigenvalue weighted by Gasteiger charge is -2.27. The molecule has 0 saturated carbocycles. The summed E-state index contributed by atoms with van der Waals surface area (Å²) in [6.45, 7) is 6.11. The van der Waals surface area contributed by atoms with Gasteiger partial charge in [-0.1, -0.05) is 58.0 Å². The van der Waals surface area contributed by atoms with Crippen molar-refractivity contribution in [3.05, 3.63) is 35.9 Å². The van der Waals surface area contributed by atoms with E-state index in [-0.39, 0.29) is 43.9 Å². The van der Waals surface area contributed by atoms with Crippen molar-refractivity contribution >= 4 is 47.4 Å². The third-order valence-corrected chi connectivity index (χ3v) is 7.44. The van der Waals surface area contributed by atoms with Crippen LogP contribution in [-0.2, 0) is 44.8 Å². The van der Waals surface area contributed by atoms with Crippen LogP contribution in [-0.4, -0.2) is 106 Å². The maximum atomic E-state index is 13.5. The molecule has 0 bridgehead atoms. The number of hydrogen-bond donors (Lipinski definition) is 10. The molecule has 0 spiro atoms. The smallest absolute Gasteiger partial charge is 0.326 e. The van der Waals surface area contributed by atoms with E-state index in [0.29, 0.717) is 0 Å². The minimum absolute atomic E-state index is 0.0401. The van der Waals surface area contributed by atoms with Crippen molar-refractivity contribution in [2.24, 2.45) is 23.3 Å². The second-order valence-corrected chi connectivity index (χ2v) is 13.0. The van der Waals surface area contributed by atoms with Gasteiger partial charge in [0.15, 0.2) is 0 Å². The number of aliphatic hydroxyl groups is 1. The molecule has 18 heteroatoms. The number of rotatable bonds is 23. The van der Waals surface area contributed by atoms with Crippen LogP contribution in [0.2, 0.25) is 0 Å². The highest BCUT2D eigenvalue weighted by molar-refractivity contribution is 5.97. The molecule has 6 atom stereocenters. The van der Waals surface area contributed by atoms with Crippen LogP contribution in [0.1, 0.15) is 65.4 Å². The summed E-state index contributed by atoms with van der Waals surface area (Å²) < 4.78 is 0. The number of aliphatic carboxylic acids is 2. The molecule has 0 fully saturated rings. The fraction of sp³-hybridized carbons (Fsp3) is 0.576. The summed E-state index contributed by atoms with van der Waals surface area (Å²) in [7, 11) is 0. The summed E-state index contributed by atoms with van der Waals surface area (Å²) in [4.78, 5) is 100.0. The van der Waals surface area contributed by atoms with Gasteiger partial charge in [-0.3, -0.25) is 33.6 Å². The second-order valence-electron chi connectivity index (χ2n) is 13.0. The van der Waals surface area contributed by atoms with E-state index in [1.807, 2.05) is 19.9 Å². The first kappa shape index (κ1) is 43.9. The first-order chi connectivity index (χ1) is 23.8. The van der Waals surface area contributed by atoms with Gasteiger partial charge in [0.25, 0.3) is 0 Å². The first-order valence-electron chi connectivity index (χ1n) is 16.5. The van der Waals surface area contributed by atoms with E-state index in [0.717, 1.165) is 5.56 Å². The van der Waals surface area contributed by atoms with E-state index in [2.05, 4.69) is 26.6 Å². The maximum absolute atomic E-state index is 13.5. The number of primary amides is 1.